The van der Waals surface area contributed by atoms with Gasteiger partial charge in [0.05, 0.1) is 11.1 Å². The Morgan fingerprint density at radius 3 is 2.81 bits per heavy atom. The van der Waals surface area contributed by atoms with Gasteiger partial charge in [0, 0.05) is 19.0 Å². The monoisotopic (exact) mass is 285 g/mol. The third-order valence-corrected chi connectivity index (χ3v) is 4.23. The largest absolute Gasteiger partial charge is 0.478 e. The van der Waals surface area contributed by atoms with E-state index in [9.17, 15) is 4.79 Å². The molecule has 0 saturated heterocycles. The highest BCUT2D eigenvalue weighted by Crippen LogP contribution is 2.28. The average molecular weight is 285 g/mol. The zero-order valence-electron chi connectivity index (χ0n) is 12.1. The van der Waals surface area contributed by atoms with Crippen LogP contribution in [-0.4, -0.2) is 34.6 Å². The van der Waals surface area contributed by atoms with Crippen molar-refractivity contribution >= 4 is 22.7 Å². The van der Waals surface area contributed by atoms with Crippen LogP contribution >= 0.6 is 0 Å². The normalized spacial score (nSPS) is 15.5. The van der Waals surface area contributed by atoms with E-state index in [0.717, 1.165) is 23.7 Å². The first kappa shape index (κ1) is 13.8. The minimum absolute atomic E-state index is 0.255. The zero-order chi connectivity index (χ0) is 14.8. The molecule has 1 fully saturated rings. The van der Waals surface area contributed by atoms with E-state index in [1.165, 1.54) is 32.0 Å². The fraction of sp³-hybridized carbons (Fsp3) is 0.438. The average Bonchev–Trinajstić information content (AvgIpc) is 2.98. The number of fused-ring (bicyclic) bond motifs is 1. The summed E-state index contributed by atoms with van der Waals surface area (Å²) in [5.74, 6) is 0.679. The van der Waals surface area contributed by atoms with Gasteiger partial charge < -0.3 is 10.0 Å². The number of carboxylic acids is 1. The third-order valence-electron chi connectivity index (χ3n) is 4.23. The molecule has 110 valence electrons. The fourth-order valence-electron chi connectivity index (χ4n) is 3.15. The molecular formula is C16H19N3O2. The summed E-state index contributed by atoms with van der Waals surface area (Å²) in [7, 11) is 2.05. The molecule has 0 radical (unpaired) electrons. The highest BCUT2D eigenvalue weighted by molar-refractivity contribution is 5.96. The predicted molar refractivity (Wildman–Crippen MR) is 81.7 cm³/mol. The van der Waals surface area contributed by atoms with Gasteiger partial charge in [-0.1, -0.05) is 12.8 Å². The van der Waals surface area contributed by atoms with Crippen molar-refractivity contribution in [2.75, 3.05) is 18.5 Å². The Kier molecular flexibility index (Phi) is 3.73. The standard InChI is InChI=1S/C16H19N3O2/c1-19(9-11-4-2-3-5-11)15-13-7-6-12(16(20)21)8-14(13)17-10-18-15/h6-8,10-11H,2-5,9H2,1H3,(H,20,21). The quantitative estimate of drug-likeness (QED) is 0.935. The van der Waals surface area contributed by atoms with Gasteiger partial charge in [-0.05, 0) is 37.0 Å². The van der Waals surface area contributed by atoms with Gasteiger partial charge in [0.1, 0.15) is 12.1 Å². The van der Waals surface area contributed by atoms with Crippen molar-refractivity contribution in [3.05, 3.63) is 30.1 Å². The lowest BCUT2D eigenvalue weighted by Crippen LogP contribution is -2.25. The summed E-state index contributed by atoms with van der Waals surface area (Å²) < 4.78 is 0. The van der Waals surface area contributed by atoms with Gasteiger partial charge in [0.25, 0.3) is 0 Å². The Morgan fingerprint density at radius 2 is 2.10 bits per heavy atom. The lowest BCUT2D eigenvalue weighted by atomic mass is 10.1. The fourth-order valence-corrected chi connectivity index (χ4v) is 3.15. The van der Waals surface area contributed by atoms with Crippen molar-refractivity contribution in [3.63, 3.8) is 0 Å². The number of carbonyl (C=O) groups is 1. The molecule has 1 aliphatic carbocycles. The van der Waals surface area contributed by atoms with E-state index in [2.05, 4.69) is 14.9 Å². The Bertz CT molecular complexity index is 666. The van der Waals surface area contributed by atoms with Crippen LogP contribution in [0.1, 0.15) is 36.0 Å². The van der Waals surface area contributed by atoms with Crippen molar-refractivity contribution < 1.29 is 9.90 Å². The van der Waals surface area contributed by atoms with Crippen molar-refractivity contribution in [2.45, 2.75) is 25.7 Å². The number of hydrogen-bond acceptors (Lipinski definition) is 4. The minimum Gasteiger partial charge on any atom is -0.478 e. The number of carboxylic acid groups (broad SMARTS) is 1. The Morgan fingerprint density at radius 1 is 1.33 bits per heavy atom. The maximum Gasteiger partial charge on any atom is 0.335 e. The van der Waals surface area contributed by atoms with Crippen LogP contribution in [0.15, 0.2) is 24.5 Å². The molecule has 21 heavy (non-hydrogen) atoms. The van der Waals surface area contributed by atoms with E-state index in [-0.39, 0.29) is 5.56 Å². The second-order valence-corrected chi connectivity index (χ2v) is 5.77. The molecule has 1 aromatic carbocycles. The molecule has 2 aromatic rings. The molecule has 1 aliphatic rings. The zero-order valence-corrected chi connectivity index (χ0v) is 12.1. The minimum atomic E-state index is -0.934. The number of rotatable bonds is 4. The van der Waals surface area contributed by atoms with Gasteiger partial charge in [-0.3, -0.25) is 0 Å². The molecule has 0 bridgehead atoms. The highest BCUT2D eigenvalue weighted by atomic mass is 16.4. The molecule has 5 heteroatoms. The summed E-state index contributed by atoms with van der Waals surface area (Å²) in [6.45, 7) is 0.993. The van der Waals surface area contributed by atoms with E-state index in [4.69, 9.17) is 5.11 Å². The summed E-state index contributed by atoms with van der Waals surface area (Å²) >= 11 is 0. The van der Waals surface area contributed by atoms with Crippen LogP contribution in [0, 0.1) is 5.92 Å². The predicted octanol–water partition coefficient (Wildman–Crippen LogP) is 2.95. The molecule has 0 aliphatic heterocycles. The van der Waals surface area contributed by atoms with E-state index >= 15 is 0 Å². The van der Waals surface area contributed by atoms with E-state index in [1.54, 1.807) is 18.2 Å². The second-order valence-electron chi connectivity index (χ2n) is 5.77. The summed E-state index contributed by atoms with van der Waals surface area (Å²) in [5.41, 5.74) is 0.934. The first-order chi connectivity index (χ1) is 10.1. The van der Waals surface area contributed by atoms with Crippen molar-refractivity contribution in [1.82, 2.24) is 9.97 Å². The van der Waals surface area contributed by atoms with Crippen LogP contribution in [0.25, 0.3) is 10.9 Å². The van der Waals surface area contributed by atoms with Gasteiger partial charge in [0.2, 0.25) is 0 Å². The third kappa shape index (κ3) is 2.82. The SMILES string of the molecule is CN(CC1CCCC1)c1ncnc2cc(C(=O)O)ccc12. The number of anilines is 1. The van der Waals surface area contributed by atoms with Crippen molar-refractivity contribution in [3.8, 4) is 0 Å². The molecule has 0 spiro atoms. The molecular weight excluding hydrogens is 266 g/mol. The molecule has 1 heterocycles. The number of nitrogens with zero attached hydrogens (tertiary/aromatic N) is 3. The van der Waals surface area contributed by atoms with Gasteiger partial charge in [-0.25, -0.2) is 14.8 Å². The molecule has 1 saturated carbocycles. The summed E-state index contributed by atoms with van der Waals surface area (Å²) in [6, 6.07) is 5.02. The number of benzene rings is 1. The van der Waals surface area contributed by atoms with Gasteiger partial charge >= 0.3 is 5.97 Å². The van der Waals surface area contributed by atoms with Crippen LogP contribution in [0.5, 0.6) is 0 Å². The molecule has 1 aromatic heterocycles. The van der Waals surface area contributed by atoms with E-state index in [0.29, 0.717) is 5.52 Å². The first-order valence-electron chi connectivity index (χ1n) is 7.34. The van der Waals surface area contributed by atoms with Gasteiger partial charge in [0.15, 0.2) is 0 Å². The summed E-state index contributed by atoms with van der Waals surface area (Å²) in [5, 5.41) is 9.96. The van der Waals surface area contributed by atoms with Crippen LogP contribution in [0.2, 0.25) is 0 Å². The van der Waals surface area contributed by atoms with Crippen LogP contribution in [-0.2, 0) is 0 Å². The Hall–Kier alpha value is -2.17. The van der Waals surface area contributed by atoms with E-state index < -0.39 is 5.97 Å². The van der Waals surface area contributed by atoms with Gasteiger partial charge in [-0.2, -0.15) is 0 Å². The summed E-state index contributed by atoms with van der Waals surface area (Å²) in [6.07, 6.45) is 6.73. The van der Waals surface area contributed by atoms with Crippen LogP contribution < -0.4 is 4.90 Å². The molecule has 5 nitrogen and oxygen atoms in total. The Balaban J connectivity index is 1.92. The topological polar surface area (TPSA) is 66.3 Å². The van der Waals surface area contributed by atoms with Crippen molar-refractivity contribution in [1.29, 1.82) is 0 Å². The Labute approximate surface area is 123 Å². The maximum absolute atomic E-state index is 11.0. The lowest BCUT2D eigenvalue weighted by molar-refractivity contribution is 0.0697. The van der Waals surface area contributed by atoms with Crippen molar-refractivity contribution in [2.24, 2.45) is 5.92 Å². The second kappa shape index (κ2) is 5.68. The summed E-state index contributed by atoms with van der Waals surface area (Å²) in [4.78, 5) is 21.8. The molecule has 1 N–H and O–H groups in total. The number of aromatic nitrogens is 2. The van der Waals surface area contributed by atoms with Crippen LogP contribution in [0.4, 0.5) is 5.82 Å². The maximum atomic E-state index is 11.0. The first-order valence-corrected chi connectivity index (χ1v) is 7.34. The van der Waals surface area contributed by atoms with E-state index in [1.807, 2.05) is 7.05 Å². The highest BCUT2D eigenvalue weighted by Gasteiger charge is 2.19. The number of hydrogen-bond donors (Lipinski definition) is 1. The molecule has 0 unspecified atom stereocenters. The molecule has 0 atom stereocenters. The molecule has 3 rings (SSSR count). The number of aromatic carboxylic acids is 1. The van der Waals surface area contributed by atoms with Gasteiger partial charge in [-0.15, -0.1) is 0 Å². The molecule has 0 amide bonds. The van der Waals surface area contributed by atoms with Crippen LogP contribution in [0.3, 0.4) is 0 Å². The smallest absolute Gasteiger partial charge is 0.335 e. The lowest BCUT2D eigenvalue weighted by Gasteiger charge is -2.23.